The number of nitrogens with two attached hydrogens (primary N) is 1. The van der Waals surface area contributed by atoms with E-state index in [-0.39, 0.29) is 0 Å². The molecule has 2 aromatic heterocycles. The number of anilines is 1. The van der Waals surface area contributed by atoms with E-state index in [1.54, 1.807) is 25.1 Å². The quantitative estimate of drug-likeness (QED) is 0.501. The molecule has 3 aromatic rings. The Morgan fingerprint density at radius 2 is 2.10 bits per heavy atom. The molecule has 0 saturated carbocycles. The van der Waals surface area contributed by atoms with Gasteiger partial charge >= 0.3 is 0 Å². The highest BCUT2D eigenvalue weighted by Gasteiger charge is 2.30. The zero-order chi connectivity index (χ0) is 22.1. The van der Waals surface area contributed by atoms with Gasteiger partial charge in [0.1, 0.15) is 22.0 Å². The molecule has 1 aromatic carbocycles. The van der Waals surface area contributed by atoms with Crippen molar-refractivity contribution in [3.8, 4) is 11.3 Å². The van der Waals surface area contributed by atoms with Gasteiger partial charge < -0.3 is 15.6 Å². The molecule has 0 spiro atoms. The van der Waals surface area contributed by atoms with Gasteiger partial charge in [-0.2, -0.15) is 0 Å². The van der Waals surface area contributed by atoms with Gasteiger partial charge in [0.05, 0.1) is 10.6 Å². The second-order valence-corrected chi connectivity index (χ2v) is 9.38. The number of amides is 2. The minimum absolute atomic E-state index is 0.291. The lowest BCUT2D eigenvalue weighted by atomic mass is 9.84. The Morgan fingerprint density at radius 1 is 1.32 bits per heavy atom. The van der Waals surface area contributed by atoms with Gasteiger partial charge in [0.2, 0.25) is 0 Å². The minimum Gasteiger partial charge on any atom is -0.365 e. The summed E-state index contributed by atoms with van der Waals surface area (Å²) in [6.45, 7) is 3.86. The normalized spacial score (nSPS) is 15.5. The van der Waals surface area contributed by atoms with E-state index in [0.29, 0.717) is 44.1 Å². The Labute approximate surface area is 189 Å². The van der Waals surface area contributed by atoms with E-state index in [4.69, 9.17) is 21.9 Å². The Balaban J connectivity index is 1.69. The number of carbonyl (C=O) groups is 2. The van der Waals surface area contributed by atoms with Gasteiger partial charge in [-0.05, 0) is 43.7 Å². The third-order valence-corrected chi connectivity index (χ3v) is 7.26. The van der Waals surface area contributed by atoms with Gasteiger partial charge in [0.25, 0.3) is 11.8 Å². The number of fused-ring (bicyclic) bond motifs is 1. The first-order valence-electron chi connectivity index (χ1n) is 10.4. The van der Waals surface area contributed by atoms with Crippen molar-refractivity contribution < 1.29 is 14.1 Å². The summed E-state index contributed by atoms with van der Waals surface area (Å²) >= 11 is 7.75. The second-order valence-electron chi connectivity index (χ2n) is 7.87. The van der Waals surface area contributed by atoms with Crippen molar-refractivity contribution in [2.45, 2.75) is 46.0 Å². The van der Waals surface area contributed by atoms with Crippen LogP contribution in [0.1, 0.15) is 63.1 Å². The number of aryl methyl sites for hydroxylation is 1. The van der Waals surface area contributed by atoms with Crippen molar-refractivity contribution in [3.63, 3.8) is 0 Å². The van der Waals surface area contributed by atoms with Crippen molar-refractivity contribution in [1.29, 1.82) is 0 Å². The van der Waals surface area contributed by atoms with Crippen LogP contribution in [0.3, 0.4) is 0 Å². The van der Waals surface area contributed by atoms with Crippen LogP contribution >= 0.6 is 22.9 Å². The standard InChI is InChI=1S/C23H24ClN3O3S/c1-3-6-13-9-10-15-17(11-13)31-23(19(15)21(25)28)26-22(29)18-12(2)30-27-20(18)14-7-4-5-8-16(14)24/h4-5,7-8,13H,3,6,9-11H2,1-2H3,(H2,25,28)(H,26,29). The molecule has 3 N–H and O–H groups in total. The highest BCUT2D eigenvalue weighted by atomic mass is 35.5. The molecule has 6 nitrogen and oxygen atoms in total. The zero-order valence-electron chi connectivity index (χ0n) is 17.5. The van der Waals surface area contributed by atoms with Crippen LogP contribution in [0.4, 0.5) is 5.00 Å². The highest BCUT2D eigenvalue weighted by molar-refractivity contribution is 7.17. The molecule has 0 radical (unpaired) electrons. The molecular formula is C23H24ClN3O3S. The summed E-state index contributed by atoms with van der Waals surface area (Å²) < 4.78 is 5.31. The number of carbonyl (C=O) groups excluding carboxylic acids is 2. The number of nitrogens with one attached hydrogen (secondary N) is 1. The summed E-state index contributed by atoms with van der Waals surface area (Å²) in [4.78, 5) is 26.7. The van der Waals surface area contributed by atoms with Crippen molar-refractivity contribution in [1.82, 2.24) is 5.16 Å². The number of hydrogen-bond acceptors (Lipinski definition) is 5. The largest absolute Gasteiger partial charge is 0.365 e. The zero-order valence-corrected chi connectivity index (χ0v) is 19.0. The number of thiophene rings is 1. The SMILES string of the molecule is CCCC1CCc2c(sc(NC(=O)c3c(-c4ccccc4Cl)noc3C)c2C(N)=O)C1. The molecule has 4 rings (SSSR count). The van der Waals surface area contributed by atoms with Gasteiger partial charge in [-0.15, -0.1) is 11.3 Å². The molecule has 0 saturated heterocycles. The van der Waals surface area contributed by atoms with Gasteiger partial charge in [-0.3, -0.25) is 9.59 Å². The lowest BCUT2D eigenvalue weighted by molar-refractivity contribution is 0.1000. The molecule has 2 heterocycles. The first-order chi connectivity index (χ1) is 14.9. The smallest absolute Gasteiger partial charge is 0.262 e. The summed E-state index contributed by atoms with van der Waals surface area (Å²) in [6.07, 6.45) is 5.05. The third kappa shape index (κ3) is 4.12. The van der Waals surface area contributed by atoms with Gasteiger partial charge in [0.15, 0.2) is 0 Å². The Morgan fingerprint density at radius 3 is 2.81 bits per heavy atom. The minimum atomic E-state index is -0.518. The topological polar surface area (TPSA) is 98.2 Å². The molecule has 0 bridgehead atoms. The summed E-state index contributed by atoms with van der Waals surface area (Å²) in [6, 6.07) is 7.13. The number of nitrogens with zero attached hydrogens (tertiary/aromatic N) is 1. The van der Waals surface area contributed by atoms with Crippen molar-refractivity contribution in [2.24, 2.45) is 11.7 Å². The van der Waals surface area contributed by atoms with Crippen LogP contribution in [0.15, 0.2) is 28.8 Å². The third-order valence-electron chi connectivity index (χ3n) is 5.76. The van der Waals surface area contributed by atoms with E-state index in [1.165, 1.54) is 11.3 Å². The number of benzene rings is 1. The fraction of sp³-hybridized carbons (Fsp3) is 0.348. The number of hydrogen-bond donors (Lipinski definition) is 2. The molecule has 1 aliphatic carbocycles. The monoisotopic (exact) mass is 457 g/mol. The molecule has 2 amide bonds. The van der Waals surface area contributed by atoms with E-state index in [9.17, 15) is 9.59 Å². The lowest BCUT2D eigenvalue weighted by Crippen LogP contribution is -2.20. The Bertz CT molecular complexity index is 1150. The summed E-state index contributed by atoms with van der Waals surface area (Å²) in [5, 5.41) is 7.92. The maximum absolute atomic E-state index is 13.3. The molecule has 1 atom stereocenters. The first kappa shape index (κ1) is 21.6. The maximum Gasteiger partial charge on any atom is 0.262 e. The number of primary amides is 1. The molecule has 0 fully saturated rings. The fourth-order valence-corrected chi connectivity index (χ4v) is 5.89. The highest BCUT2D eigenvalue weighted by Crippen LogP contribution is 2.41. The summed E-state index contributed by atoms with van der Waals surface area (Å²) in [5.41, 5.74) is 8.38. The number of rotatable bonds is 6. The van der Waals surface area contributed by atoms with E-state index in [2.05, 4.69) is 17.4 Å². The molecule has 1 aliphatic rings. The maximum atomic E-state index is 13.3. The molecule has 162 valence electrons. The van der Waals surface area contributed by atoms with Gasteiger partial charge in [-0.1, -0.05) is 54.7 Å². The van der Waals surface area contributed by atoms with Crippen molar-refractivity contribution >= 4 is 39.8 Å². The van der Waals surface area contributed by atoms with Crippen molar-refractivity contribution in [3.05, 3.63) is 56.6 Å². The molecule has 1 unspecified atom stereocenters. The Hall–Kier alpha value is -2.64. The molecule has 8 heteroatoms. The Kier molecular flexibility index (Phi) is 6.16. The average Bonchev–Trinajstić information content (AvgIpc) is 3.28. The van der Waals surface area contributed by atoms with Crippen LogP contribution in [0.25, 0.3) is 11.3 Å². The van der Waals surface area contributed by atoms with E-state index in [1.807, 2.05) is 6.07 Å². The van der Waals surface area contributed by atoms with Crippen LogP contribution in [0, 0.1) is 12.8 Å². The number of aromatic nitrogens is 1. The predicted molar refractivity (Wildman–Crippen MR) is 123 cm³/mol. The average molecular weight is 458 g/mol. The van der Waals surface area contributed by atoms with Crippen LogP contribution in [0.2, 0.25) is 5.02 Å². The number of halogens is 1. The van der Waals surface area contributed by atoms with Gasteiger partial charge in [-0.25, -0.2) is 0 Å². The van der Waals surface area contributed by atoms with Crippen LogP contribution < -0.4 is 11.1 Å². The van der Waals surface area contributed by atoms with Crippen LogP contribution in [0.5, 0.6) is 0 Å². The summed E-state index contributed by atoms with van der Waals surface area (Å²) in [5.74, 6) is 0.0555. The van der Waals surface area contributed by atoms with Crippen LogP contribution in [-0.2, 0) is 12.8 Å². The van der Waals surface area contributed by atoms with Crippen molar-refractivity contribution in [2.75, 3.05) is 5.32 Å². The van der Waals surface area contributed by atoms with E-state index >= 15 is 0 Å². The first-order valence-corrected chi connectivity index (χ1v) is 11.6. The molecular weight excluding hydrogens is 434 g/mol. The molecule has 0 aliphatic heterocycles. The van der Waals surface area contributed by atoms with Gasteiger partial charge in [0, 0.05) is 10.4 Å². The summed E-state index contributed by atoms with van der Waals surface area (Å²) in [7, 11) is 0. The van der Waals surface area contributed by atoms with E-state index in [0.717, 1.165) is 42.5 Å². The predicted octanol–water partition coefficient (Wildman–Crippen LogP) is 5.62. The van der Waals surface area contributed by atoms with E-state index < -0.39 is 11.8 Å². The van der Waals surface area contributed by atoms with Crippen LogP contribution in [-0.4, -0.2) is 17.0 Å². The lowest BCUT2D eigenvalue weighted by Gasteiger charge is -2.21. The fourth-order valence-electron chi connectivity index (χ4n) is 4.30. The second kappa shape index (κ2) is 8.85. The molecule has 31 heavy (non-hydrogen) atoms.